The highest BCUT2D eigenvalue weighted by atomic mass is 35.5. The number of anilines is 1. The quantitative estimate of drug-likeness (QED) is 0.0897. The van der Waals surface area contributed by atoms with Crippen molar-refractivity contribution in [3.05, 3.63) is 76.8 Å². The van der Waals surface area contributed by atoms with Gasteiger partial charge in [-0.15, -0.1) is 17.9 Å². The average molecular weight is 943 g/mol. The summed E-state index contributed by atoms with van der Waals surface area (Å²) in [6.45, 7) is 8.57. The highest BCUT2D eigenvalue weighted by Gasteiger charge is 2.62. The molecule has 22 heteroatoms. The zero-order chi connectivity index (χ0) is 46.0. The number of amides is 3. The predicted molar refractivity (Wildman–Crippen MR) is 222 cm³/mol. The molecule has 3 heterocycles. The Hall–Kier alpha value is -5.15. The van der Waals surface area contributed by atoms with E-state index in [0.717, 1.165) is 11.3 Å². The first kappa shape index (κ1) is 45.9. The molecule has 2 aromatic heterocycles. The third kappa shape index (κ3) is 9.41. The molecule has 3 fully saturated rings. The number of methoxy groups -OCH3 is 1. The number of benzene rings is 2. The maximum atomic E-state index is 14.9. The number of fused-ring (bicyclic) bond motifs is 1. The molecular weight excluding hydrogens is 902 g/mol. The van der Waals surface area contributed by atoms with Crippen LogP contribution in [0.25, 0.3) is 22.0 Å². The number of likely N-dealkylation sites (tertiary alicyclic amines) is 1. The molecule has 13 nitrogen and oxygen atoms in total. The van der Waals surface area contributed by atoms with Crippen LogP contribution in [0.1, 0.15) is 57.6 Å². The van der Waals surface area contributed by atoms with E-state index in [1.807, 2.05) is 0 Å². The summed E-state index contributed by atoms with van der Waals surface area (Å²) in [5.41, 5.74) is -6.64. The van der Waals surface area contributed by atoms with Gasteiger partial charge in [0.05, 0.1) is 41.9 Å². The van der Waals surface area contributed by atoms with Crippen molar-refractivity contribution in [2.75, 3.05) is 19.0 Å². The minimum atomic E-state index is -5.17. The molecule has 4 aromatic rings. The van der Waals surface area contributed by atoms with Gasteiger partial charge in [0.1, 0.15) is 29.5 Å². The van der Waals surface area contributed by atoms with Gasteiger partial charge in [0, 0.05) is 39.1 Å². The van der Waals surface area contributed by atoms with Crippen molar-refractivity contribution in [3.63, 3.8) is 0 Å². The summed E-state index contributed by atoms with van der Waals surface area (Å²) in [6, 6.07) is 3.61. The molecule has 0 unspecified atom stereocenters. The number of nitrogens with one attached hydrogen (secondary N) is 3. The molecule has 3 aliphatic rings. The van der Waals surface area contributed by atoms with Gasteiger partial charge in [-0.3, -0.25) is 19.1 Å². The van der Waals surface area contributed by atoms with Gasteiger partial charge in [-0.1, -0.05) is 44.5 Å². The zero-order valence-corrected chi connectivity index (χ0v) is 36.4. The Labute approximate surface area is 366 Å². The Bertz CT molecular complexity index is 2600. The van der Waals surface area contributed by atoms with Crippen LogP contribution in [0, 0.1) is 11.3 Å². The number of carbonyl (C=O) groups excluding carboxylic acids is 3. The molecule has 0 bridgehead atoms. The monoisotopic (exact) mass is 942 g/mol. The minimum Gasteiger partial charge on any atom is -0.494 e. The topological polar surface area (TPSA) is 169 Å². The molecular formula is C41H41ClF6N6O7S2. The van der Waals surface area contributed by atoms with E-state index in [4.69, 9.17) is 21.1 Å². The van der Waals surface area contributed by atoms with Crippen LogP contribution in [-0.2, 0) is 36.8 Å². The molecule has 0 spiro atoms. The molecule has 63 heavy (non-hydrogen) atoms. The van der Waals surface area contributed by atoms with Crippen molar-refractivity contribution < 1.29 is 58.6 Å². The van der Waals surface area contributed by atoms with Gasteiger partial charge in [-0.05, 0) is 55.0 Å². The van der Waals surface area contributed by atoms with Gasteiger partial charge in [0.2, 0.25) is 27.7 Å². The van der Waals surface area contributed by atoms with Crippen molar-refractivity contribution in [3.8, 4) is 22.9 Å². The van der Waals surface area contributed by atoms with Gasteiger partial charge in [-0.2, -0.15) is 26.3 Å². The zero-order valence-electron chi connectivity index (χ0n) is 34.0. The number of hydrogen-bond acceptors (Lipinski definition) is 11. The van der Waals surface area contributed by atoms with Crippen molar-refractivity contribution in [1.29, 1.82) is 0 Å². The molecule has 0 radical (unpaired) electrons. The van der Waals surface area contributed by atoms with E-state index >= 15 is 0 Å². The molecule has 3 N–H and O–H groups in total. The molecule has 2 saturated carbocycles. The van der Waals surface area contributed by atoms with E-state index in [0.29, 0.717) is 46.5 Å². The Morgan fingerprint density at radius 2 is 1.76 bits per heavy atom. The lowest BCUT2D eigenvalue weighted by molar-refractivity contribution is -0.143. The van der Waals surface area contributed by atoms with Crippen molar-refractivity contribution in [2.24, 2.45) is 11.3 Å². The second kappa shape index (κ2) is 16.4. The number of sulfonamides is 1. The number of hydrogen-bond donors (Lipinski definition) is 3. The lowest BCUT2D eigenvalue weighted by atomic mass is 9.85. The number of ether oxygens (including phenoxy) is 2. The number of alkyl halides is 6. The molecule has 1 aliphatic heterocycles. The third-order valence-corrected chi connectivity index (χ3v) is 14.0. The van der Waals surface area contributed by atoms with Gasteiger partial charge >= 0.3 is 12.4 Å². The van der Waals surface area contributed by atoms with Crippen LogP contribution in [0.2, 0.25) is 5.02 Å². The number of aromatic nitrogens is 2. The van der Waals surface area contributed by atoms with Crippen LogP contribution in [0.4, 0.5) is 31.5 Å². The molecule has 2 aromatic carbocycles. The normalized spacial score (nSPS) is 22.0. The largest absolute Gasteiger partial charge is 0.494 e. The molecule has 7 rings (SSSR count). The van der Waals surface area contributed by atoms with E-state index < -0.39 is 97.1 Å². The lowest BCUT2D eigenvalue weighted by Gasteiger charge is -2.35. The Balaban J connectivity index is 1.21. The number of nitrogens with zero attached hydrogens (tertiary/aromatic N) is 3. The van der Waals surface area contributed by atoms with Crippen LogP contribution in [0.15, 0.2) is 60.6 Å². The van der Waals surface area contributed by atoms with Gasteiger partial charge in [-0.25, -0.2) is 18.4 Å². The van der Waals surface area contributed by atoms with Gasteiger partial charge in [0.15, 0.2) is 5.13 Å². The maximum absolute atomic E-state index is 14.9. The van der Waals surface area contributed by atoms with E-state index in [2.05, 4.69) is 31.9 Å². The van der Waals surface area contributed by atoms with E-state index in [1.54, 1.807) is 39.0 Å². The fraction of sp³-hybridized carbons (Fsp3) is 0.439. The van der Waals surface area contributed by atoms with Crippen molar-refractivity contribution in [2.45, 2.75) is 87.8 Å². The second-order valence-corrected chi connectivity index (χ2v) is 20.0. The lowest BCUT2D eigenvalue weighted by Crippen LogP contribution is -2.58. The Morgan fingerprint density at radius 1 is 1.05 bits per heavy atom. The highest BCUT2D eigenvalue weighted by molar-refractivity contribution is 7.91. The molecule has 3 amide bonds. The molecule has 1 saturated heterocycles. The van der Waals surface area contributed by atoms with Crippen LogP contribution < -0.4 is 24.8 Å². The fourth-order valence-electron chi connectivity index (χ4n) is 7.55. The van der Waals surface area contributed by atoms with Crippen LogP contribution >= 0.6 is 22.9 Å². The molecule has 2 aliphatic carbocycles. The van der Waals surface area contributed by atoms with Crippen LogP contribution in [0.3, 0.4) is 0 Å². The highest BCUT2D eigenvalue weighted by Crippen LogP contribution is 2.46. The third-order valence-electron chi connectivity index (χ3n) is 11.2. The minimum absolute atomic E-state index is 0.0118. The van der Waals surface area contributed by atoms with Crippen LogP contribution in [0.5, 0.6) is 11.6 Å². The predicted octanol–water partition coefficient (Wildman–Crippen LogP) is 7.60. The first-order chi connectivity index (χ1) is 29.4. The summed E-state index contributed by atoms with van der Waals surface area (Å²) in [5.74, 6) is -2.56. The number of pyridine rings is 1. The summed E-state index contributed by atoms with van der Waals surface area (Å²) in [4.78, 5) is 52.8. The van der Waals surface area contributed by atoms with E-state index in [-0.39, 0.29) is 42.2 Å². The van der Waals surface area contributed by atoms with Crippen molar-refractivity contribution in [1.82, 2.24) is 24.9 Å². The van der Waals surface area contributed by atoms with Crippen molar-refractivity contribution >= 4 is 66.6 Å². The Kier molecular flexibility index (Phi) is 12.0. The van der Waals surface area contributed by atoms with E-state index in [9.17, 15) is 49.1 Å². The molecule has 338 valence electrons. The van der Waals surface area contributed by atoms with Gasteiger partial charge in [0.25, 0.3) is 5.91 Å². The summed E-state index contributed by atoms with van der Waals surface area (Å²) >= 11 is 7.14. The van der Waals surface area contributed by atoms with E-state index in [1.165, 1.54) is 29.7 Å². The number of thiazole rings is 1. The average Bonchev–Trinajstić information content (AvgIpc) is 4.09. The second-order valence-electron chi connectivity index (χ2n) is 16.7. The summed E-state index contributed by atoms with van der Waals surface area (Å²) in [5, 5.41) is 7.54. The number of halogens is 7. The number of carbonyl (C=O) groups is 3. The summed E-state index contributed by atoms with van der Waals surface area (Å²) in [6.07, 6.45) is -7.61. The summed E-state index contributed by atoms with van der Waals surface area (Å²) in [7, 11) is -2.55. The number of rotatable bonds is 13. The van der Waals surface area contributed by atoms with Crippen LogP contribution in [-0.4, -0.2) is 83.6 Å². The Morgan fingerprint density at radius 3 is 2.37 bits per heavy atom. The fourth-order valence-corrected chi connectivity index (χ4v) is 9.83. The standard InChI is InChI=1S/C41H41ClF6N6O7S2/c1-6-20-16-39(20,36(57)53-63(58,59)24-9-10-24)52-33(55)30-15-23(61-34-27-14-22(42)8-12-25(27)31(60-5)17-49-34)18-54(30)35(56)32(38(2,3)4)51-37-50-29(19-62-37)26-11-7-21(40(43,44)45)13-28(26)41(46,47)48/h6-8,11-14,17,19-20,23-24,30,32H,1,9-10,15-16,18H2,2-5H3,(H,50,51)(H,52,55)(H,53,57)/t20-,23-,30+,32-,39-/m1/s1. The maximum Gasteiger partial charge on any atom is 0.417 e. The summed E-state index contributed by atoms with van der Waals surface area (Å²) < 4.78 is 122. The first-order valence-electron chi connectivity index (χ1n) is 19.5. The first-order valence-corrected chi connectivity index (χ1v) is 22.3. The smallest absolute Gasteiger partial charge is 0.417 e. The molecule has 5 atom stereocenters. The SMILES string of the molecule is C=C[C@@H]1C[C@]1(NC(=O)[C@@H]1C[C@@H](Oc2ncc(OC)c3ccc(Cl)cc23)CN1C(=O)[C@@H](Nc1nc(-c2ccc(C(F)(F)F)cc2C(F)(F)F)cs1)C(C)(C)C)C(=O)NS(=O)(=O)C1CC1. The van der Waals surface area contributed by atoms with Gasteiger partial charge < -0.3 is 25.0 Å².